The summed E-state index contributed by atoms with van der Waals surface area (Å²) in [6.45, 7) is 8.14. The van der Waals surface area contributed by atoms with E-state index in [-0.39, 0.29) is 0 Å². The molecule has 0 aromatic carbocycles. The molecular weight excluding hydrogens is 224 g/mol. The number of hydrogen-bond acceptors (Lipinski definition) is 3. The lowest BCUT2D eigenvalue weighted by Gasteiger charge is -2.38. The minimum absolute atomic E-state index is 0.449. The van der Waals surface area contributed by atoms with E-state index < -0.39 is 0 Å². The highest BCUT2D eigenvalue weighted by molar-refractivity contribution is 4.98. The quantitative estimate of drug-likeness (QED) is 0.814. The highest BCUT2D eigenvalue weighted by Crippen LogP contribution is 2.33. The molecule has 2 saturated heterocycles. The van der Waals surface area contributed by atoms with E-state index in [9.17, 15) is 0 Å². The summed E-state index contributed by atoms with van der Waals surface area (Å²) in [6, 6.07) is 0.699. The van der Waals surface area contributed by atoms with Gasteiger partial charge in [0.05, 0.1) is 6.61 Å². The number of hydrogen-bond donors (Lipinski definition) is 1. The van der Waals surface area contributed by atoms with Crippen LogP contribution in [0.1, 0.15) is 45.4 Å². The van der Waals surface area contributed by atoms with E-state index in [1.165, 1.54) is 58.2 Å². The fourth-order valence-corrected chi connectivity index (χ4v) is 4.13. The first kappa shape index (κ1) is 12.9. The zero-order chi connectivity index (χ0) is 12.4. The van der Waals surface area contributed by atoms with E-state index in [1.807, 2.05) is 0 Å². The van der Waals surface area contributed by atoms with Crippen molar-refractivity contribution in [1.29, 1.82) is 0 Å². The highest BCUT2D eigenvalue weighted by Gasteiger charge is 2.39. The minimum Gasteiger partial charge on any atom is -0.381 e. The molecule has 0 aromatic heterocycles. The lowest BCUT2D eigenvalue weighted by Crippen LogP contribution is -2.52. The van der Waals surface area contributed by atoms with E-state index in [4.69, 9.17) is 4.74 Å². The largest absolute Gasteiger partial charge is 0.381 e. The SMILES string of the molecule is CC(C1CCOC1)N1CCCNC2(CCCC2)C1. The zero-order valence-electron chi connectivity index (χ0n) is 11.8. The first-order chi connectivity index (χ1) is 8.79. The average molecular weight is 252 g/mol. The van der Waals surface area contributed by atoms with Gasteiger partial charge in [0.1, 0.15) is 0 Å². The van der Waals surface area contributed by atoms with Crippen molar-refractivity contribution in [3.05, 3.63) is 0 Å². The summed E-state index contributed by atoms with van der Waals surface area (Å²) in [5.74, 6) is 0.765. The van der Waals surface area contributed by atoms with Gasteiger partial charge in [0.2, 0.25) is 0 Å². The summed E-state index contributed by atoms with van der Waals surface area (Å²) >= 11 is 0. The van der Waals surface area contributed by atoms with Crippen LogP contribution < -0.4 is 5.32 Å². The molecule has 3 rings (SSSR count). The maximum atomic E-state index is 5.57. The summed E-state index contributed by atoms with van der Waals surface area (Å²) in [5, 5.41) is 3.86. The lowest BCUT2D eigenvalue weighted by atomic mass is 9.93. The molecule has 3 nitrogen and oxygen atoms in total. The molecule has 0 bridgehead atoms. The van der Waals surface area contributed by atoms with Crippen LogP contribution in [0.5, 0.6) is 0 Å². The van der Waals surface area contributed by atoms with Gasteiger partial charge in [-0.15, -0.1) is 0 Å². The van der Waals surface area contributed by atoms with Gasteiger partial charge in [0, 0.05) is 24.7 Å². The normalized spacial score (nSPS) is 34.8. The number of ether oxygens (including phenoxy) is 1. The van der Waals surface area contributed by atoms with E-state index >= 15 is 0 Å². The van der Waals surface area contributed by atoms with Gasteiger partial charge in [-0.25, -0.2) is 0 Å². The third-order valence-corrected chi connectivity index (χ3v) is 5.41. The van der Waals surface area contributed by atoms with Crippen LogP contribution in [-0.4, -0.2) is 49.3 Å². The number of nitrogens with one attached hydrogen (secondary N) is 1. The predicted octanol–water partition coefficient (Wildman–Crippen LogP) is 2.02. The van der Waals surface area contributed by atoms with Gasteiger partial charge in [0.15, 0.2) is 0 Å². The topological polar surface area (TPSA) is 24.5 Å². The van der Waals surface area contributed by atoms with Crippen LogP contribution in [0.4, 0.5) is 0 Å². The molecule has 1 saturated carbocycles. The van der Waals surface area contributed by atoms with Gasteiger partial charge in [-0.3, -0.25) is 4.90 Å². The monoisotopic (exact) mass is 252 g/mol. The third kappa shape index (κ3) is 2.59. The molecular formula is C15H28N2O. The van der Waals surface area contributed by atoms with Crippen molar-refractivity contribution in [3.63, 3.8) is 0 Å². The summed E-state index contributed by atoms with van der Waals surface area (Å²) in [6.07, 6.45) is 8.18. The van der Waals surface area contributed by atoms with Crippen LogP contribution in [0.25, 0.3) is 0 Å². The van der Waals surface area contributed by atoms with Gasteiger partial charge >= 0.3 is 0 Å². The van der Waals surface area contributed by atoms with Crippen LogP contribution in [0.2, 0.25) is 0 Å². The summed E-state index contributed by atoms with van der Waals surface area (Å²) < 4.78 is 5.57. The first-order valence-electron chi connectivity index (χ1n) is 7.86. The van der Waals surface area contributed by atoms with Crippen molar-refractivity contribution in [2.45, 2.75) is 57.0 Å². The Hall–Kier alpha value is -0.120. The van der Waals surface area contributed by atoms with E-state index in [0.717, 1.165) is 19.1 Å². The highest BCUT2D eigenvalue weighted by atomic mass is 16.5. The fraction of sp³-hybridized carbons (Fsp3) is 1.00. The second-order valence-corrected chi connectivity index (χ2v) is 6.60. The maximum Gasteiger partial charge on any atom is 0.0509 e. The molecule has 0 amide bonds. The Morgan fingerprint density at radius 1 is 1.28 bits per heavy atom. The summed E-state index contributed by atoms with van der Waals surface area (Å²) in [4.78, 5) is 2.75. The molecule has 3 aliphatic rings. The second kappa shape index (κ2) is 5.48. The Labute approximate surface area is 111 Å². The van der Waals surface area contributed by atoms with Crippen LogP contribution in [-0.2, 0) is 4.74 Å². The van der Waals surface area contributed by atoms with Gasteiger partial charge in [-0.05, 0) is 51.6 Å². The standard InChI is InChI=1S/C15H28N2O/c1-13(14-5-10-18-11-14)17-9-4-8-16-15(12-17)6-2-3-7-15/h13-14,16H,2-12H2,1H3. The predicted molar refractivity (Wildman–Crippen MR) is 73.8 cm³/mol. The molecule has 1 aliphatic carbocycles. The Kier molecular flexibility index (Phi) is 3.92. The maximum absolute atomic E-state index is 5.57. The molecule has 2 aliphatic heterocycles. The van der Waals surface area contributed by atoms with E-state index in [2.05, 4.69) is 17.1 Å². The zero-order valence-corrected chi connectivity index (χ0v) is 11.8. The van der Waals surface area contributed by atoms with Crippen molar-refractivity contribution in [1.82, 2.24) is 10.2 Å². The van der Waals surface area contributed by atoms with Gasteiger partial charge in [-0.2, -0.15) is 0 Å². The summed E-state index contributed by atoms with van der Waals surface area (Å²) in [7, 11) is 0. The van der Waals surface area contributed by atoms with Crippen molar-refractivity contribution in [2.75, 3.05) is 32.8 Å². The van der Waals surface area contributed by atoms with E-state index in [0.29, 0.717) is 11.6 Å². The van der Waals surface area contributed by atoms with Crippen molar-refractivity contribution < 1.29 is 4.74 Å². The van der Waals surface area contributed by atoms with Crippen molar-refractivity contribution in [3.8, 4) is 0 Å². The second-order valence-electron chi connectivity index (χ2n) is 6.60. The Balaban J connectivity index is 1.66. The van der Waals surface area contributed by atoms with Crippen LogP contribution >= 0.6 is 0 Å². The smallest absolute Gasteiger partial charge is 0.0509 e. The lowest BCUT2D eigenvalue weighted by molar-refractivity contribution is 0.109. The molecule has 1 N–H and O–H groups in total. The number of nitrogens with zero attached hydrogens (tertiary/aromatic N) is 1. The minimum atomic E-state index is 0.449. The van der Waals surface area contributed by atoms with Crippen molar-refractivity contribution >= 4 is 0 Å². The van der Waals surface area contributed by atoms with Gasteiger partial charge < -0.3 is 10.1 Å². The molecule has 2 heterocycles. The average Bonchev–Trinajstić information content (AvgIpc) is 2.99. The third-order valence-electron chi connectivity index (χ3n) is 5.41. The molecule has 1 spiro atoms. The van der Waals surface area contributed by atoms with Crippen molar-refractivity contribution in [2.24, 2.45) is 5.92 Å². The molecule has 18 heavy (non-hydrogen) atoms. The number of rotatable bonds is 2. The summed E-state index contributed by atoms with van der Waals surface area (Å²) in [5.41, 5.74) is 0.449. The Morgan fingerprint density at radius 3 is 2.83 bits per heavy atom. The molecule has 2 atom stereocenters. The molecule has 104 valence electrons. The van der Waals surface area contributed by atoms with E-state index in [1.54, 1.807) is 0 Å². The van der Waals surface area contributed by atoms with Crippen LogP contribution in [0.15, 0.2) is 0 Å². The molecule has 0 radical (unpaired) electrons. The fourth-order valence-electron chi connectivity index (χ4n) is 4.13. The first-order valence-corrected chi connectivity index (χ1v) is 7.86. The van der Waals surface area contributed by atoms with Crippen LogP contribution in [0.3, 0.4) is 0 Å². The van der Waals surface area contributed by atoms with Gasteiger partial charge in [0.25, 0.3) is 0 Å². The Morgan fingerprint density at radius 2 is 2.11 bits per heavy atom. The molecule has 3 heteroatoms. The molecule has 3 fully saturated rings. The Bertz CT molecular complexity index is 270. The molecule has 2 unspecified atom stereocenters. The van der Waals surface area contributed by atoms with Gasteiger partial charge in [-0.1, -0.05) is 12.8 Å². The molecule has 0 aromatic rings. The van der Waals surface area contributed by atoms with Crippen LogP contribution in [0, 0.1) is 5.92 Å².